The van der Waals surface area contributed by atoms with Crippen molar-refractivity contribution in [2.24, 2.45) is 0 Å². The maximum absolute atomic E-state index is 8.51. The van der Waals surface area contributed by atoms with E-state index in [4.69, 9.17) is 15.6 Å². The topological polar surface area (TPSA) is 67.5 Å². The predicted octanol–water partition coefficient (Wildman–Crippen LogP) is 1.68. The summed E-state index contributed by atoms with van der Waals surface area (Å²) in [5.74, 6) is 0. The van der Waals surface area contributed by atoms with Gasteiger partial charge in [0.25, 0.3) is 0 Å². The van der Waals surface area contributed by atoms with E-state index < -0.39 is 0 Å². The Labute approximate surface area is 109 Å². The van der Waals surface area contributed by atoms with Gasteiger partial charge in [-0.2, -0.15) is 0 Å². The second-order valence-electron chi connectivity index (χ2n) is 3.36. The van der Waals surface area contributed by atoms with Gasteiger partial charge >= 0.3 is 0 Å². The molecule has 0 unspecified atom stereocenters. The lowest BCUT2D eigenvalue weighted by molar-refractivity contribution is 0.0922. The van der Waals surface area contributed by atoms with Crippen molar-refractivity contribution in [3.63, 3.8) is 0 Å². The molecule has 0 aliphatic heterocycles. The van der Waals surface area contributed by atoms with Gasteiger partial charge < -0.3 is 20.9 Å². The highest BCUT2D eigenvalue weighted by Gasteiger charge is 1.98. The monoisotopic (exact) mass is 336 g/mol. The van der Waals surface area contributed by atoms with Crippen molar-refractivity contribution in [2.45, 2.75) is 6.42 Å². The number of anilines is 2. The van der Waals surface area contributed by atoms with E-state index in [0.29, 0.717) is 13.2 Å². The molecule has 1 aromatic rings. The molecule has 16 heavy (non-hydrogen) atoms. The van der Waals surface area contributed by atoms with Gasteiger partial charge in [0.15, 0.2) is 0 Å². The van der Waals surface area contributed by atoms with Crippen LogP contribution in [0.5, 0.6) is 0 Å². The van der Waals surface area contributed by atoms with Gasteiger partial charge in [0.1, 0.15) is 0 Å². The van der Waals surface area contributed by atoms with Gasteiger partial charge in [0, 0.05) is 28.1 Å². The Morgan fingerprint density at radius 2 is 2.19 bits per heavy atom. The zero-order valence-corrected chi connectivity index (χ0v) is 11.2. The van der Waals surface area contributed by atoms with Crippen molar-refractivity contribution < 1.29 is 9.84 Å². The summed E-state index contributed by atoms with van der Waals surface area (Å²) in [6.45, 7) is 2.02. The molecule has 0 saturated carbocycles. The number of nitrogen functional groups attached to an aromatic ring is 1. The molecule has 4 nitrogen and oxygen atoms in total. The first-order valence-electron chi connectivity index (χ1n) is 5.21. The molecule has 0 amide bonds. The quantitative estimate of drug-likeness (QED) is 0.403. The van der Waals surface area contributed by atoms with E-state index in [1.54, 1.807) is 0 Å². The fraction of sp³-hybridized carbons (Fsp3) is 0.455. The van der Waals surface area contributed by atoms with Crippen molar-refractivity contribution in [3.8, 4) is 0 Å². The Bertz CT molecular complexity index is 321. The van der Waals surface area contributed by atoms with Crippen LogP contribution in [0.15, 0.2) is 18.2 Å². The summed E-state index contributed by atoms with van der Waals surface area (Å²) in [6, 6.07) is 5.80. The van der Waals surface area contributed by atoms with Crippen molar-refractivity contribution in [1.29, 1.82) is 0 Å². The van der Waals surface area contributed by atoms with Crippen LogP contribution in [0.4, 0.5) is 11.4 Å². The minimum Gasteiger partial charge on any atom is -0.399 e. The number of benzene rings is 1. The van der Waals surface area contributed by atoms with Crippen LogP contribution in [0.2, 0.25) is 0 Å². The average Bonchev–Trinajstić information content (AvgIpc) is 2.26. The highest BCUT2D eigenvalue weighted by molar-refractivity contribution is 14.1. The highest BCUT2D eigenvalue weighted by atomic mass is 127. The predicted molar refractivity (Wildman–Crippen MR) is 74.6 cm³/mol. The molecule has 0 atom stereocenters. The standard InChI is InChI=1S/C11H17IN2O2/c12-10-8-9(13)2-3-11(10)14-4-1-6-16-7-5-15/h2-3,8,14-15H,1,4-7,13H2. The molecule has 0 aliphatic rings. The molecule has 0 bridgehead atoms. The lowest BCUT2D eigenvalue weighted by Gasteiger charge is -2.09. The van der Waals surface area contributed by atoms with E-state index in [9.17, 15) is 0 Å². The average molecular weight is 336 g/mol. The molecule has 0 spiro atoms. The van der Waals surface area contributed by atoms with Crippen LogP contribution in [0.3, 0.4) is 0 Å². The largest absolute Gasteiger partial charge is 0.399 e. The molecule has 0 fully saturated rings. The second-order valence-corrected chi connectivity index (χ2v) is 4.52. The van der Waals surface area contributed by atoms with E-state index >= 15 is 0 Å². The molecule has 0 saturated heterocycles. The summed E-state index contributed by atoms with van der Waals surface area (Å²) in [4.78, 5) is 0. The molecule has 1 aromatic carbocycles. The lowest BCUT2D eigenvalue weighted by Crippen LogP contribution is -2.08. The van der Waals surface area contributed by atoms with Gasteiger partial charge in [-0.05, 0) is 47.2 Å². The number of rotatable bonds is 7. The van der Waals surface area contributed by atoms with E-state index in [1.165, 1.54) is 0 Å². The van der Waals surface area contributed by atoms with Gasteiger partial charge in [-0.1, -0.05) is 0 Å². The molecule has 1 rings (SSSR count). The summed E-state index contributed by atoms with van der Waals surface area (Å²) >= 11 is 2.25. The van der Waals surface area contributed by atoms with E-state index in [-0.39, 0.29) is 6.61 Å². The van der Waals surface area contributed by atoms with Crippen LogP contribution in [-0.2, 0) is 4.74 Å². The van der Waals surface area contributed by atoms with Crippen molar-refractivity contribution in [3.05, 3.63) is 21.8 Å². The summed E-state index contributed by atoms with van der Waals surface area (Å²) in [6.07, 6.45) is 0.917. The zero-order valence-electron chi connectivity index (χ0n) is 9.08. The van der Waals surface area contributed by atoms with Gasteiger partial charge in [0.05, 0.1) is 13.2 Å². The van der Waals surface area contributed by atoms with E-state index in [0.717, 1.165) is 27.9 Å². The molecular formula is C11H17IN2O2. The molecule has 0 radical (unpaired) electrons. The van der Waals surface area contributed by atoms with Crippen molar-refractivity contribution >= 4 is 34.0 Å². The van der Waals surface area contributed by atoms with Crippen LogP contribution in [-0.4, -0.2) is 31.5 Å². The van der Waals surface area contributed by atoms with Gasteiger partial charge in [0.2, 0.25) is 0 Å². The molecule has 0 aromatic heterocycles. The Kier molecular flexibility index (Phi) is 6.51. The maximum atomic E-state index is 8.51. The number of hydrogen-bond acceptors (Lipinski definition) is 4. The highest BCUT2D eigenvalue weighted by Crippen LogP contribution is 2.20. The number of nitrogens with one attached hydrogen (secondary N) is 1. The normalized spacial score (nSPS) is 10.4. The summed E-state index contributed by atoms with van der Waals surface area (Å²) < 4.78 is 6.28. The fourth-order valence-electron chi connectivity index (χ4n) is 1.24. The Morgan fingerprint density at radius 3 is 2.88 bits per heavy atom. The van der Waals surface area contributed by atoms with Crippen LogP contribution in [0.25, 0.3) is 0 Å². The molecule has 4 N–H and O–H groups in total. The second kappa shape index (κ2) is 7.70. The maximum Gasteiger partial charge on any atom is 0.0697 e. The first kappa shape index (κ1) is 13.5. The Morgan fingerprint density at radius 1 is 1.38 bits per heavy atom. The number of ether oxygens (including phenoxy) is 1. The minimum atomic E-state index is 0.0866. The smallest absolute Gasteiger partial charge is 0.0697 e. The van der Waals surface area contributed by atoms with Crippen LogP contribution in [0.1, 0.15) is 6.42 Å². The van der Waals surface area contributed by atoms with Crippen LogP contribution in [0, 0.1) is 3.57 Å². The number of hydrogen-bond donors (Lipinski definition) is 3. The third-order valence-corrected chi connectivity index (χ3v) is 2.90. The Balaban J connectivity index is 2.21. The SMILES string of the molecule is Nc1ccc(NCCCOCCO)c(I)c1. The molecule has 5 heteroatoms. The lowest BCUT2D eigenvalue weighted by atomic mass is 10.3. The van der Waals surface area contributed by atoms with Crippen LogP contribution < -0.4 is 11.1 Å². The molecule has 0 heterocycles. The summed E-state index contributed by atoms with van der Waals surface area (Å²) in [7, 11) is 0. The first-order chi connectivity index (χ1) is 7.74. The third-order valence-electron chi connectivity index (χ3n) is 2.01. The number of aliphatic hydroxyl groups is 1. The zero-order chi connectivity index (χ0) is 11.8. The van der Waals surface area contributed by atoms with Crippen molar-refractivity contribution in [1.82, 2.24) is 0 Å². The minimum absolute atomic E-state index is 0.0866. The number of nitrogens with two attached hydrogens (primary N) is 1. The van der Waals surface area contributed by atoms with Crippen LogP contribution >= 0.6 is 22.6 Å². The van der Waals surface area contributed by atoms with Gasteiger partial charge in [-0.3, -0.25) is 0 Å². The Hall–Kier alpha value is -0.530. The van der Waals surface area contributed by atoms with E-state index in [2.05, 4.69) is 27.9 Å². The molecule has 90 valence electrons. The fourth-order valence-corrected chi connectivity index (χ4v) is 1.97. The number of aliphatic hydroxyl groups excluding tert-OH is 1. The third kappa shape index (κ3) is 5.00. The van der Waals surface area contributed by atoms with E-state index in [1.807, 2.05) is 18.2 Å². The molecular weight excluding hydrogens is 319 g/mol. The van der Waals surface area contributed by atoms with Gasteiger partial charge in [-0.25, -0.2) is 0 Å². The number of halogens is 1. The summed E-state index contributed by atoms with van der Waals surface area (Å²) in [5.41, 5.74) is 7.53. The van der Waals surface area contributed by atoms with Crippen molar-refractivity contribution in [2.75, 3.05) is 37.4 Å². The van der Waals surface area contributed by atoms with Gasteiger partial charge in [-0.15, -0.1) is 0 Å². The molecule has 0 aliphatic carbocycles. The summed E-state index contributed by atoms with van der Waals surface area (Å²) in [5, 5.41) is 11.8. The first-order valence-corrected chi connectivity index (χ1v) is 6.29.